The summed E-state index contributed by atoms with van der Waals surface area (Å²) in [5.41, 5.74) is 2.19. The van der Waals surface area contributed by atoms with E-state index in [-0.39, 0.29) is 17.8 Å². The molecule has 0 bridgehead atoms. The summed E-state index contributed by atoms with van der Waals surface area (Å²) in [5.74, 6) is -1.09. The second-order valence-corrected chi connectivity index (χ2v) is 6.29. The van der Waals surface area contributed by atoms with Gasteiger partial charge in [-0.05, 0) is 49.5 Å². The van der Waals surface area contributed by atoms with Gasteiger partial charge in [-0.2, -0.15) is 4.39 Å². The van der Waals surface area contributed by atoms with E-state index in [4.69, 9.17) is 4.65 Å². The number of nitrogens with zero attached hydrogens (tertiary/aromatic N) is 1. The number of hydrogen-bond donors (Lipinski definition) is 1. The molecule has 2 aromatic rings. The molecule has 6 heteroatoms. The number of aromatic nitrogens is 1. The first-order valence-corrected chi connectivity index (χ1v) is 7.43. The van der Waals surface area contributed by atoms with Crippen LogP contribution in [-0.2, 0) is 16.7 Å². The van der Waals surface area contributed by atoms with Crippen molar-refractivity contribution in [1.29, 1.82) is 0 Å². The van der Waals surface area contributed by atoms with E-state index in [1.165, 1.54) is 6.07 Å². The van der Waals surface area contributed by atoms with Gasteiger partial charge in [-0.25, -0.2) is 4.98 Å². The van der Waals surface area contributed by atoms with Gasteiger partial charge in [0, 0.05) is 12.1 Å². The molecule has 1 aliphatic heterocycles. The van der Waals surface area contributed by atoms with Crippen molar-refractivity contribution >= 4 is 18.4 Å². The molecule has 1 N–H and O–H groups in total. The molecule has 1 aromatic heterocycles. The van der Waals surface area contributed by atoms with E-state index >= 15 is 0 Å². The number of benzene rings is 1. The number of pyridine rings is 1. The fourth-order valence-electron chi connectivity index (χ4n) is 2.89. The van der Waals surface area contributed by atoms with Crippen LogP contribution >= 0.6 is 0 Å². The van der Waals surface area contributed by atoms with Gasteiger partial charge < -0.3 is 9.68 Å². The first-order valence-electron chi connectivity index (χ1n) is 7.43. The van der Waals surface area contributed by atoms with Crippen molar-refractivity contribution in [2.75, 3.05) is 0 Å². The molecule has 0 unspecified atom stereocenters. The minimum Gasteiger partial charge on any atom is -0.423 e. The fraction of sp³-hybridized carbons (Fsp3) is 0.294. The van der Waals surface area contributed by atoms with Gasteiger partial charge in [0.25, 0.3) is 0 Å². The first kappa shape index (κ1) is 15.8. The van der Waals surface area contributed by atoms with Gasteiger partial charge in [-0.15, -0.1) is 0 Å². The molecule has 0 radical (unpaired) electrons. The highest BCUT2D eigenvalue weighted by atomic mass is 19.1. The number of fused-ring (bicyclic) bond motifs is 1. The zero-order valence-corrected chi connectivity index (χ0v) is 13.3. The predicted molar refractivity (Wildman–Crippen MR) is 85.1 cm³/mol. The summed E-state index contributed by atoms with van der Waals surface area (Å²) < 4.78 is 19.3. The lowest BCUT2D eigenvalue weighted by Gasteiger charge is -2.19. The smallest absolute Gasteiger partial charge is 0.423 e. The van der Waals surface area contributed by atoms with Gasteiger partial charge in [0.05, 0.1) is 11.2 Å². The van der Waals surface area contributed by atoms with Gasteiger partial charge >= 0.3 is 7.12 Å². The monoisotopic (exact) mass is 313 g/mol. The topological polar surface area (TPSA) is 59.4 Å². The van der Waals surface area contributed by atoms with Gasteiger partial charge in [-0.3, -0.25) is 4.79 Å². The molecule has 23 heavy (non-hydrogen) atoms. The zero-order chi connectivity index (χ0) is 16.8. The average Bonchev–Trinajstić information content (AvgIpc) is 2.68. The van der Waals surface area contributed by atoms with Crippen molar-refractivity contribution in [3.05, 3.63) is 58.7 Å². The van der Waals surface area contributed by atoms with E-state index in [0.717, 1.165) is 5.56 Å². The molecule has 0 fully saturated rings. The highest BCUT2D eigenvalue weighted by Crippen LogP contribution is 2.30. The van der Waals surface area contributed by atoms with Gasteiger partial charge in [0.15, 0.2) is 5.78 Å². The molecular formula is C17H17BFNO3. The Morgan fingerprint density at radius 1 is 1.35 bits per heavy atom. The van der Waals surface area contributed by atoms with Crippen LogP contribution in [0.5, 0.6) is 0 Å². The Hall–Kier alpha value is -2.05. The molecule has 0 atom stereocenters. The number of carbonyl (C=O) groups is 1. The molecule has 2 heterocycles. The van der Waals surface area contributed by atoms with E-state index in [1.807, 2.05) is 19.9 Å². The standard InChI is InChI=1S/C17H17BFNO3/c1-10-4-6-12(16(19)20-10)15(21)9-11-5-7-13-14(8-11)18(22)23-17(13,2)3/h4-8,22H,9H2,1-3H3. The Kier molecular flexibility index (Phi) is 3.82. The molecule has 4 nitrogen and oxygen atoms in total. The average molecular weight is 313 g/mol. The number of rotatable bonds is 3. The summed E-state index contributed by atoms with van der Waals surface area (Å²) in [7, 11) is -1.01. The highest BCUT2D eigenvalue weighted by molar-refractivity contribution is 6.62. The Balaban J connectivity index is 1.87. The molecule has 1 aliphatic rings. The highest BCUT2D eigenvalue weighted by Gasteiger charge is 2.40. The maximum atomic E-state index is 13.8. The van der Waals surface area contributed by atoms with E-state index < -0.39 is 18.7 Å². The van der Waals surface area contributed by atoms with Gasteiger partial charge in [0.1, 0.15) is 0 Å². The van der Waals surface area contributed by atoms with Crippen LogP contribution in [0.4, 0.5) is 4.39 Å². The molecule has 0 aliphatic carbocycles. The molecule has 118 valence electrons. The van der Waals surface area contributed by atoms with Crippen molar-refractivity contribution in [1.82, 2.24) is 4.98 Å². The molecule has 0 saturated heterocycles. The summed E-state index contributed by atoms with van der Waals surface area (Å²) in [5, 5.41) is 9.99. The Morgan fingerprint density at radius 2 is 2.09 bits per heavy atom. The van der Waals surface area contributed by atoms with Crippen LogP contribution in [0.15, 0.2) is 30.3 Å². The molecular weight excluding hydrogens is 296 g/mol. The molecule has 3 rings (SSSR count). The second-order valence-electron chi connectivity index (χ2n) is 6.29. The SMILES string of the molecule is Cc1ccc(C(=O)Cc2ccc3c(c2)B(O)OC3(C)C)c(F)n1. The number of hydrogen-bond acceptors (Lipinski definition) is 4. The first-order chi connectivity index (χ1) is 10.8. The maximum Gasteiger partial charge on any atom is 0.492 e. The third-order valence-electron chi connectivity index (χ3n) is 4.09. The van der Waals surface area contributed by atoms with Crippen molar-refractivity contribution in [3.63, 3.8) is 0 Å². The lowest BCUT2D eigenvalue weighted by atomic mass is 9.77. The lowest BCUT2D eigenvalue weighted by Crippen LogP contribution is -2.29. The van der Waals surface area contributed by atoms with Crippen LogP contribution in [-0.4, -0.2) is 22.9 Å². The van der Waals surface area contributed by atoms with Crippen LogP contribution in [0.25, 0.3) is 0 Å². The number of Topliss-reactive ketones (excluding diaryl/α,β-unsaturated/α-hetero) is 1. The Bertz CT molecular complexity index is 791. The number of halogens is 1. The fourth-order valence-corrected chi connectivity index (χ4v) is 2.89. The quantitative estimate of drug-likeness (QED) is 0.534. The summed E-state index contributed by atoms with van der Waals surface area (Å²) in [6, 6.07) is 8.46. The summed E-state index contributed by atoms with van der Waals surface area (Å²) in [6.07, 6.45) is 0.0437. The van der Waals surface area contributed by atoms with E-state index in [2.05, 4.69) is 4.98 Å². The summed E-state index contributed by atoms with van der Waals surface area (Å²) >= 11 is 0. The van der Waals surface area contributed by atoms with Crippen LogP contribution in [0.1, 0.15) is 41.0 Å². The van der Waals surface area contributed by atoms with E-state index in [9.17, 15) is 14.2 Å². The van der Waals surface area contributed by atoms with Crippen LogP contribution < -0.4 is 5.46 Å². The minimum absolute atomic E-state index is 0.0202. The Morgan fingerprint density at radius 3 is 2.78 bits per heavy atom. The van der Waals surface area contributed by atoms with Gasteiger partial charge in [0.2, 0.25) is 5.95 Å². The van der Waals surface area contributed by atoms with Crippen LogP contribution in [0.3, 0.4) is 0 Å². The third kappa shape index (κ3) is 2.92. The minimum atomic E-state index is -1.01. The van der Waals surface area contributed by atoms with E-state index in [1.54, 1.807) is 25.1 Å². The molecule has 1 aromatic carbocycles. The molecule has 0 amide bonds. The third-order valence-corrected chi connectivity index (χ3v) is 4.09. The van der Waals surface area contributed by atoms with Gasteiger partial charge in [-0.1, -0.05) is 18.2 Å². The van der Waals surface area contributed by atoms with E-state index in [0.29, 0.717) is 16.7 Å². The second kappa shape index (κ2) is 5.55. The number of carbonyl (C=O) groups excluding carboxylic acids is 1. The van der Waals surface area contributed by atoms with Crippen molar-refractivity contribution in [2.24, 2.45) is 0 Å². The number of aryl methyl sites for hydroxylation is 1. The lowest BCUT2D eigenvalue weighted by molar-refractivity contribution is 0.0986. The zero-order valence-electron chi connectivity index (χ0n) is 13.3. The maximum absolute atomic E-state index is 13.8. The van der Waals surface area contributed by atoms with Crippen LogP contribution in [0.2, 0.25) is 0 Å². The predicted octanol–water partition coefficient (Wildman–Crippen LogP) is 1.91. The van der Waals surface area contributed by atoms with Crippen molar-refractivity contribution < 1.29 is 18.9 Å². The molecule has 0 spiro atoms. The summed E-state index contributed by atoms with van der Waals surface area (Å²) in [4.78, 5) is 16.0. The van der Waals surface area contributed by atoms with Crippen molar-refractivity contribution in [2.45, 2.75) is 32.8 Å². The normalized spacial score (nSPS) is 15.6. The van der Waals surface area contributed by atoms with Crippen molar-refractivity contribution in [3.8, 4) is 0 Å². The largest absolute Gasteiger partial charge is 0.492 e. The number of ketones is 1. The molecule has 0 saturated carbocycles. The van der Waals surface area contributed by atoms with Crippen LogP contribution in [0, 0.1) is 12.9 Å². The Labute approximate surface area is 134 Å². The summed E-state index contributed by atoms with van der Waals surface area (Å²) in [6.45, 7) is 5.42.